The molecule has 0 saturated heterocycles. The number of carbonyl (C=O) groups excluding carboxylic acids is 4. The molecule has 0 radical (unpaired) electrons. The molecule has 0 aliphatic carbocycles. The summed E-state index contributed by atoms with van der Waals surface area (Å²) in [5.74, 6) is -19.6. The summed E-state index contributed by atoms with van der Waals surface area (Å²) >= 11 is 0. The summed E-state index contributed by atoms with van der Waals surface area (Å²) in [7, 11) is 0. The van der Waals surface area contributed by atoms with Crippen LogP contribution in [0.3, 0.4) is 0 Å². The Bertz CT molecular complexity index is 1210. The molecule has 0 fully saturated rings. The van der Waals surface area contributed by atoms with Crippen LogP contribution in [-0.4, -0.2) is 70.3 Å². The Morgan fingerprint density at radius 1 is 0.884 bits per heavy atom. The van der Waals surface area contributed by atoms with Gasteiger partial charge in [0.05, 0.1) is 12.1 Å². The monoisotopic (exact) mass is 627 g/mol. The van der Waals surface area contributed by atoms with Crippen LogP contribution in [0.5, 0.6) is 0 Å². The lowest BCUT2D eigenvalue weighted by atomic mass is 9.85. The van der Waals surface area contributed by atoms with E-state index in [9.17, 15) is 49.9 Å². The second kappa shape index (κ2) is 12.8. The predicted molar refractivity (Wildman–Crippen MR) is 140 cm³/mol. The van der Waals surface area contributed by atoms with Gasteiger partial charge in [0, 0.05) is 6.54 Å². The number of carbonyl (C=O) groups is 4. The maximum atomic E-state index is 14.7. The molecular formula is C28H36F7N3O5. The van der Waals surface area contributed by atoms with E-state index in [-0.39, 0.29) is 6.42 Å². The Labute approximate surface area is 244 Å². The fourth-order valence-corrected chi connectivity index (χ4v) is 4.69. The van der Waals surface area contributed by atoms with Crippen LogP contribution >= 0.6 is 0 Å². The zero-order chi connectivity index (χ0) is 33.3. The Balaban J connectivity index is 2.49. The topological polar surface area (TPSA) is 105 Å². The smallest absolute Gasteiger partial charge is 0.444 e. The van der Waals surface area contributed by atoms with Crippen molar-refractivity contribution in [3.63, 3.8) is 0 Å². The van der Waals surface area contributed by atoms with Crippen molar-refractivity contribution in [2.45, 2.75) is 103 Å². The molecule has 242 valence electrons. The number of halogens is 7. The van der Waals surface area contributed by atoms with Crippen LogP contribution in [0.2, 0.25) is 0 Å². The lowest BCUT2D eigenvalue weighted by molar-refractivity contribution is -0.344. The van der Waals surface area contributed by atoms with Gasteiger partial charge in [-0.05, 0) is 50.2 Å². The minimum absolute atomic E-state index is 0.293. The summed E-state index contributed by atoms with van der Waals surface area (Å²) in [6.45, 7) is 9.70. The average Bonchev–Trinajstić information content (AvgIpc) is 2.84. The highest BCUT2D eigenvalue weighted by atomic mass is 19.4. The van der Waals surface area contributed by atoms with Crippen LogP contribution in [-0.2, 0) is 32.1 Å². The summed E-state index contributed by atoms with van der Waals surface area (Å²) in [5.41, 5.74) is -0.00747. The number of ketones is 1. The molecule has 3 amide bonds. The van der Waals surface area contributed by atoms with E-state index >= 15 is 0 Å². The van der Waals surface area contributed by atoms with E-state index in [0.717, 1.165) is 18.7 Å². The molecule has 15 heteroatoms. The Hall–Kier alpha value is -3.23. The molecule has 8 nitrogen and oxygen atoms in total. The summed E-state index contributed by atoms with van der Waals surface area (Å²) in [6.07, 6.45) is -8.00. The number of benzene rings is 1. The molecule has 0 bridgehead atoms. The number of amides is 3. The highest BCUT2D eigenvalue weighted by molar-refractivity contribution is 6.01. The molecule has 43 heavy (non-hydrogen) atoms. The van der Waals surface area contributed by atoms with Gasteiger partial charge in [0.15, 0.2) is 0 Å². The highest BCUT2D eigenvalue weighted by Gasteiger charge is 2.77. The number of alkyl carbamates (subject to hydrolysis) is 1. The number of ether oxygens (including phenoxy) is 1. The summed E-state index contributed by atoms with van der Waals surface area (Å²) < 4.78 is 101. The molecule has 2 unspecified atom stereocenters. The minimum atomic E-state index is -6.74. The second-order valence-electron chi connectivity index (χ2n) is 12.1. The van der Waals surface area contributed by atoms with Crippen LogP contribution in [0.25, 0.3) is 0 Å². The molecule has 1 heterocycles. The quantitative estimate of drug-likeness (QED) is 0.373. The first kappa shape index (κ1) is 36.0. The molecule has 1 aliphatic heterocycles. The molecule has 0 spiro atoms. The predicted octanol–water partition coefficient (Wildman–Crippen LogP) is 5.03. The van der Waals surface area contributed by atoms with Gasteiger partial charge in [0.1, 0.15) is 11.6 Å². The second-order valence-corrected chi connectivity index (χ2v) is 12.1. The van der Waals surface area contributed by atoms with E-state index in [1.807, 2.05) is 0 Å². The zero-order valence-corrected chi connectivity index (χ0v) is 24.7. The third-order valence-corrected chi connectivity index (χ3v) is 6.77. The molecule has 1 aromatic carbocycles. The van der Waals surface area contributed by atoms with Crippen molar-refractivity contribution in [1.82, 2.24) is 15.5 Å². The minimum Gasteiger partial charge on any atom is -0.444 e. The lowest BCUT2D eigenvalue weighted by Crippen LogP contribution is -2.65. The van der Waals surface area contributed by atoms with Gasteiger partial charge >= 0.3 is 24.1 Å². The van der Waals surface area contributed by atoms with Crippen LogP contribution in [0.1, 0.15) is 59.6 Å². The number of nitrogens with zero attached hydrogens (tertiary/aromatic N) is 1. The zero-order valence-electron chi connectivity index (χ0n) is 24.7. The van der Waals surface area contributed by atoms with Gasteiger partial charge in [-0.1, -0.05) is 52.0 Å². The van der Waals surface area contributed by atoms with Crippen LogP contribution in [0.4, 0.5) is 35.5 Å². The van der Waals surface area contributed by atoms with Crippen LogP contribution in [0.15, 0.2) is 24.3 Å². The van der Waals surface area contributed by atoms with Crippen molar-refractivity contribution < 1.29 is 54.6 Å². The first-order chi connectivity index (χ1) is 19.4. The standard InChI is InChI=1S/C28H36F7N3O5/c1-14(2)19(36-24(42)43-25(5,6)7)23(41)37-22(40)18-12-16-10-8-9-11-17(16)13-38(18)20(15(3)4)21(39)26(29,30)27(31,32)28(33,34)35/h8-11,14-15,18-20H,12-13H2,1-7H3,(H,36,42)(H,37,40,41)/t18?,19-,20?/m0/s1. The van der Waals surface area contributed by atoms with E-state index in [1.54, 1.807) is 52.8 Å². The van der Waals surface area contributed by atoms with Gasteiger partial charge in [0.2, 0.25) is 17.6 Å². The summed E-state index contributed by atoms with van der Waals surface area (Å²) in [6, 6.07) is 1.02. The molecule has 1 aliphatic rings. The normalized spacial score (nSPS) is 18.1. The van der Waals surface area contributed by atoms with E-state index < -0.39 is 83.8 Å². The molecule has 2 rings (SSSR count). The number of nitrogens with one attached hydrogen (secondary N) is 2. The molecule has 1 aromatic rings. The lowest BCUT2D eigenvalue weighted by Gasteiger charge is -2.43. The van der Waals surface area contributed by atoms with Crippen molar-refractivity contribution >= 4 is 23.7 Å². The van der Waals surface area contributed by atoms with Crippen LogP contribution in [0, 0.1) is 11.8 Å². The largest absolute Gasteiger partial charge is 0.460 e. The molecular weight excluding hydrogens is 591 g/mol. The number of alkyl halides is 7. The van der Waals surface area contributed by atoms with Crippen molar-refractivity contribution in [3.8, 4) is 0 Å². The third kappa shape index (κ3) is 8.03. The number of fused-ring (bicyclic) bond motifs is 1. The molecule has 0 aromatic heterocycles. The highest BCUT2D eigenvalue weighted by Crippen LogP contribution is 2.48. The molecule has 2 N–H and O–H groups in total. The van der Waals surface area contributed by atoms with Gasteiger partial charge in [-0.15, -0.1) is 0 Å². The van der Waals surface area contributed by atoms with Crippen molar-refractivity contribution in [2.24, 2.45) is 11.8 Å². The number of Topliss-reactive ketones (excluding diaryl/α,β-unsaturated/α-hetero) is 1. The molecule has 0 saturated carbocycles. The van der Waals surface area contributed by atoms with Gasteiger partial charge in [-0.2, -0.15) is 30.7 Å². The van der Waals surface area contributed by atoms with E-state index in [0.29, 0.717) is 11.1 Å². The van der Waals surface area contributed by atoms with Gasteiger partial charge in [-0.3, -0.25) is 24.6 Å². The fourth-order valence-electron chi connectivity index (χ4n) is 4.69. The van der Waals surface area contributed by atoms with E-state index in [2.05, 4.69) is 10.6 Å². The maximum Gasteiger partial charge on any atom is 0.460 e. The maximum absolute atomic E-state index is 14.7. The number of hydrogen-bond donors (Lipinski definition) is 2. The first-order valence-corrected chi connectivity index (χ1v) is 13.5. The molecule has 3 atom stereocenters. The number of imide groups is 1. The Morgan fingerprint density at radius 3 is 1.88 bits per heavy atom. The van der Waals surface area contributed by atoms with Crippen molar-refractivity contribution in [2.75, 3.05) is 0 Å². The van der Waals surface area contributed by atoms with Gasteiger partial charge in [0.25, 0.3) is 0 Å². The summed E-state index contributed by atoms with van der Waals surface area (Å²) in [4.78, 5) is 52.6. The SMILES string of the molecule is CC(C)C(C(=O)C(F)(F)C(F)(F)C(F)(F)F)N1Cc2ccccc2CC1C(=O)NC(=O)[C@@H](NC(=O)OC(C)(C)C)C(C)C. The van der Waals surface area contributed by atoms with Gasteiger partial charge < -0.3 is 10.1 Å². The van der Waals surface area contributed by atoms with Crippen molar-refractivity contribution in [3.05, 3.63) is 35.4 Å². The average molecular weight is 628 g/mol. The summed E-state index contributed by atoms with van der Waals surface area (Å²) in [5, 5.41) is 4.40. The van der Waals surface area contributed by atoms with Crippen molar-refractivity contribution in [1.29, 1.82) is 0 Å². The number of rotatable bonds is 9. The van der Waals surface area contributed by atoms with E-state index in [1.165, 1.54) is 6.07 Å². The number of hydrogen-bond acceptors (Lipinski definition) is 6. The Morgan fingerprint density at radius 2 is 1.42 bits per heavy atom. The van der Waals surface area contributed by atoms with Gasteiger partial charge in [-0.25, -0.2) is 4.79 Å². The first-order valence-electron chi connectivity index (χ1n) is 13.5. The van der Waals surface area contributed by atoms with Crippen LogP contribution < -0.4 is 10.6 Å². The third-order valence-electron chi connectivity index (χ3n) is 6.77. The Kier molecular flexibility index (Phi) is 10.7. The van der Waals surface area contributed by atoms with E-state index in [4.69, 9.17) is 4.74 Å². The fraction of sp³-hybridized carbons (Fsp3) is 0.643.